The molecular weight excluding hydrogens is 312 g/mol. The minimum absolute atomic E-state index is 0.151. The minimum Gasteiger partial charge on any atom is -0.271 e. The third kappa shape index (κ3) is 3.08. The maximum Gasteiger partial charge on any atom is 0.0596 e. The molecule has 2 nitrogen and oxygen atoms in total. The molecule has 0 heterocycles. The van der Waals surface area contributed by atoms with Crippen LogP contribution in [0.5, 0.6) is 0 Å². The Kier molecular flexibility index (Phi) is 5.07. The van der Waals surface area contributed by atoms with E-state index in [0.29, 0.717) is 5.92 Å². The van der Waals surface area contributed by atoms with Crippen molar-refractivity contribution in [2.75, 3.05) is 0 Å². The molecule has 0 radical (unpaired) electrons. The summed E-state index contributed by atoms with van der Waals surface area (Å²) < 4.78 is 0.936. The van der Waals surface area contributed by atoms with Gasteiger partial charge in [-0.15, -0.1) is 0 Å². The van der Waals surface area contributed by atoms with Crippen LogP contribution in [0.1, 0.15) is 44.2 Å². The highest BCUT2D eigenvalue weighted by Crippen LogP contribution is 2.40. The topological polar surface area (TPSA) is 38.0 Å². The first kappa shape index (κ1) is 14.3. The van der Waals surface area contributed by atoms with Gasteiger partial charge in [-0.2, -0.15) is 0 Å². The van der Waals surface area contributed by atoms with Crippen molar-refractivity contribution < 1.29 is 0 Å². The highest BCUT2D eigenvalue weighted by molar-refractivity contribution is 9.10. The van der Waals surface area contributed by atoms with E-state index in [-0.39, 0.29) is 6.04 Å². The number of hydrogen-bond donors (Lipinski definition) is 2. The van der Waals surface area contributed by atoms with E-state index in [1.54, 1.807) is 0 Å². The highest BCUT2D eigenvalue weighted by atomic mass is 79.9. The SMILES string of the molecule is CC1CCCC(C(NN)c2cccc(Br)c2Cl)C1. The van der Waals surface area contributed by atoms with Gasteiger partial charge in [0, 0.05) is 4.47 Å². The van der Waals surface area contributed by atoms with Gasteiger partial charge in [-0.3, -0.25) is 11.3 Å². The average molecular weight is 332 g/mol. The first-order valence-electron chi connectivity index (χ1n) is 6.53. The molecule has 1 aliphatic rings. The van der Waals surface area contributed by atoms with Gasteiger partial charge in [-0.05, 0) is 52.2 Å². The third-order valence-electron chi connectivity index (χ3n) is 3.94. The van der Waals surface area contributed by atoms with Crippen LogP contribution in [0, 0.1) is 11.8 Å². The second-order valence-corrected chi connectivity index (χ2v) is 6.55. The summed E-state index contributed by atoms with van der Waals surface area (Å²) in [6.07, 6.45) is 5.06. The van der Waals surface area contributed by atoms with Crippen molar-refractivity contribution in [3.05, 3.63) is 33.3 Å². The van der Waals surface area contributed by atoms with E-state index in [9.17, 15) is 0 Å². The molecule has 1 saturated carbocycles. The van der Waals surface area contributed by atoms with E-state index in [4.69, 9.17) is 17.4 Å². The first-order chi connectivity index (χ1) is 8.63. The molecule has 2 rings (SSSR count). The lowest BCUT2D eigenvalue weighted by Gasteiger charge is -2.33. The maximum atomic E-state index is 6.38. The Bertz CT molecular complexity index is 411. The molecule has 1 aliphatic carbocycles. The van der Waals surface area contributed by atoms with Crippen LogP contribution in [0.25, 0.3) is 0 Å². The molecule has 3 unspecified atom stereocenters. The number of hydrogen-bond acceptors (Lipinski definition) is 2. The quantitative estimate of drug-likeness (QED) is 0.635. The van der Waals surface area contributed by atoms with Crippen molar-refractivity contribution in [2.24, 2.45) is 17.7 Å². The second kappa shape index (κ2) is 6.38. The van der Waals surface area contributed by atoms with Gasteiger partial charge in [0.25, 0.3) is 0 Å². The molecule has 100 valence electrons. The first-order valence-corrected chi connectivity index (χ1v) is 7.70. The van der Waals surface area contributed by atoms with Crippen molar-refractivity contribution >= 4 is 27.5 Å². The molecule has 0 amide bonds. The van der Waals surface area contributed by atoms with E-state index in [2.05, 4.69) is 34.3 Å². The Labute approximate surface area is 122 Å². The van der Waals surface area contributed by atoms with Crippen LogP contribution in [-0.4, -0.2) is 0 Å². The van der Waals surface area contributed by atoms with Crippen LogP contribution in [0.4, 0.5) is 0 Å². The molecule has 0 bridgehead atoms. The standard InChI is InChI=1S/C14H20BrClN2/c1-9-4-2-5-10(8-9)14(18-17)11-6-3-7-12(15)13(11)16/h3,6-7,9-10,14,18H,2,4-5,8,17H2,1H3. The van der Waals surface area contributed by atoms with Crippen LogP contribution in [-0.2, 0) is 0 Å². The summed E-state index contributed by atoms with van der Waals surface area (Å²) in [6, 6.07) is 6.19. The summed E-state index contributed by atoms with van der Waals surface area (Å²) in [4.78, 5) is 0. The van der Waals surface area contributed by atoms with Gasteiger partial charge in [-0.1, -0.05) is 43.5 Å². The smallest absolute Gasteiger partial charge is 0.0596 e. The normalized spacial score (nSPS) is 26.0. The molecule has 0 aromatic heterocycles. The number of nitrogens with one attached hydrogen (secondary N) is 1. The molecule has 18 heavy (non-hydrogen) atoms. The molecule has 0 spiro atoms. The Hall–Kier alpha value is -0.0900. The number of nitrogens with two attached hydrogens (primary N) is 1. The predicted molar refractivity (Wildman–Crippen MR) is 80.3 cm³/mol. The van der Waals surface area contributed by atoms with E-state index < -0.39 is 0 Å². The Morgan fingerprint density at radius 3 is 2.89 bits per heavy atom. The third-order valence-corrected chi connectivity index (χ3v) is 5.26. The lowest BCUT2D eigenvalue weighted by molar-refractivity contribution is 0.224. The minimum atomic E-state index is 0.151. The highest BCUT2D eigenvalue weighted by Gasteiger charge is 2.28. The summed E-state index contributed by atoms with van der Waals surface area (Å²) in [5.41, 5.74) is 4.08. The molecule has 1 aromatic rings. The van der Waals surface area contributed by atoms with Gasteiger partial charge in [0.05, 0.1) is 11.1 Å². The fourth-order valence-electron chi connectivity index (χ4n) is 3.02. The largest absolute Gasteiger partial charge is 0.271 e. The number of hydrazine groups is 1. The lowest BCUT2D eigenvalue weighted by Crippen LogP contribution is -2.35. The Balaban J connectivity index is 2.24. The van der Waals surface area contributed by atoms with E-state index in [1.165, 1.54) is 25.7 Å². The average Bonchev–Trinajstić information content (AvgIpc) is 2.35. The van der Waals surface area contributed by atoms with Crippen LogP contribution in [0.3, 0.4) is 0 Å². The molecule has 1 fully saturated rings. The van der Waals surface area contributed by atoms with Crippen molar-refractivity contribution in [1.29, 1.82) is 0 Å². The molecule has 1 aromatic carbocycles. The molecule has 0 aliphatic heterocycles. The van der Waals surface area contributed by atoms with Crippen molar-refractivity contribution in [1.82, 2.24) is 5.43 Å². The number of benzene rings is 1. The fraction of sp³-hybridized carbons (Fsp3) is 0.571. The fourth-order valence-corrected chi connectivity index (χ4v) is 3.65. The molecule has 0 saturated heterocycles. The molecular formula is C14H20BrClN2. The zero-order valence-electron chi connectivity index (χ0n) is 10.6. The summed E-state index contributed by atoms with van der Waals surface area (Å²) in [5, 5.41) is 0.777. The van der Waals surface area contributed by atoms with Gasteiger partial charge in [0.15, 0.2) is 0 Å². The lowest BCUT2D eigenvalue weighted by atomic mass is 9.77. The van der Waals surface area contributed by atoms with Crippen LogP contribution in [0.2, 0.25) is 5.02 Å². The Morgan fingerprint density at radius 2 is 2.22 bits per heavy atom. The van der Waals surface area contributed by atoms with Gasteiger partial charge >= 0.3 is 0 Å². The van der Waals surface area contributed by atoms with Crippen molar-refractivity contribution in [2.45, 2.75) is 38.6 Å². The monoisotopic (exact) mass is 330 g/mol. The predicted octanol–water partition coefficient (Wildman–Crippen LogP) is 4.43. The molecule has 3 N–H and O–H groups in total. The van der Waals surface area contributed by atoms with E-state index >= 15 is 0 Å². The van der Waals surface area contributed by atoms with Gasteiger partial charge in [0.1, 0.15) is 0 Å². The number of halogens is 2. The summed E-state index contributed by atoms with van der Waals surface area (Å²) in [7, 11) is 0. The van der Waals surface area contributed by atoms with Crippen LogP contribution in [0.15, 0.2) is 22.7 Å². The summed E-state index contributed by atoms with van der Waals surface area (Å²) >= 11 is 9.86. The van der Waals surface area contributed by atoms with Crippen LogP contribution < -0.4 is 11.3 Å². The van der Waals surface area contributed by atoms with Gasteiger partial charge < -0.3 is 0 Å². The van der Waals surface area contributed by atoms with Crippen molar-refractivity contribution in [3.63, 3.8) is 0 Å². The number of rotatable bonds is 3. The van der Waals surface area contributed by atoms with E-state index in [0.717, 1.165) is 21.0 Å². The zero-order chi connectivity index (χ0) is 13.1. The van der Waals surface area contributed by atoms with Crippen molar-refractivity contribution in [3.8, 4) is 0 Å². The maximum absolute atomic E-state index is 6.38. The van der Waals surface area contributed by atoms with Crippen LogP contribution >= 0.6 is 27.5 Å². The second-order valence-electron chi connectivity index (χ2n) is 5.32. The summed E-state index contributed by atoms with van der Waals surface area (Å²) in [5.74, 6) is 7.13. The zero-order valence-corrected chi connectivity index (χ0v) is 13.0. The summed E-state index contributed by atoms with van der Waals surface area (Å²) in [6.45, 7) is 2.32. The van der Waals surface area contributed by atoms with Gasteiger partial charge in [0.2, 0.25) is 0 Å². The van der Waals surface area contributed by atoms with E-state index in [1.807, 2.05) is 12.1 Å². The van der Waals surface area contributed by atoms with Gasteiger partial charge in [-0.25, -0.2) is 0 Å². The molecule has 3 atom stereocenters. The molecule has 4 heteroatoms. The Morgan fingerprint density at radius 1 is 1.44 bits per heavy atom.